The molecule has 2 N–H and O–H groups in total. The fourth-order valence-electron chi connectivity index (χ4n) is 13.3. The number of H-pyrrole nitrogens is 2. The molecule has 3 aromatic heterocycles. The van der Waals surface area contributed by atoms with E-state index in [1.165, 1.54) is 212 Å². The van der Waals surface area contributed by atoms with Crippen LogP contribution >= 0.6 is 0 Å². The maximum absolute atomic E-state index is 7.22. The maximum Gasteiger partial charge on any atom is 0.189 e. The van der Waals surface area contributed by atoms with Crippen LogP contribution in [0.2, 0.25) is 0 Å². The molecule has 13 heteroatoms. The Morgan fingerprint density at radius 1 is 0.232 bits per heavy atom. The van der Waals surface area contributed by atoms with Crippen LogP contribution < -0.4 is 14.2 Å². The number of fused-ring (bicyclic) bond motifs is 8. The molecule has 8 bridgehead atoms. The molecule has 5 heterocycles. The van der Waals surface area contributed by atoms with Gasteiger partial charge in [0.1, 0.15) is 28.5 Å². The molecule has 0 saturated carbocycles. The maximum atomic E-state index is 7.22. The van der Waals surface area contributed by atoms with Gasteiger partial charge < -0.3 is 47.9 Å². The van der Waals surface area contributed by atoms with E-state index in [4.69, 9.17) is 47.9 Å². The van der Waals surface area contributed by atoms with Gasteiger partial charge in [-0.3, -0.25) is 0 Å². The standard InChI is InChI=1S/C86H146N4O8.Cu/c1-9-17-25-33-41-49-58-91-66-57-71-72-67-74-81(93-60-51-43-35-27-19-11-3)83(95-62-53-45-37-29-21-13-5)76(88-74)69-78-85(97-64-55-47-39-31-23-15-7)86(98-65-56-48-40-32-24-16-8)79(90-78)70-77-84(96-63-54-46-38-30-22-14-6)82(94-61-52-44-36-28-20-12-4)75(89-77)68-73(87-72)80(71)92-59-50-42-34-26-18-10-2;/h67-70,87,90H,9-66H2,1-8H3;. The molecule has 0 atom stereocenters. The Labute approximate surface area is 615 Å². The Bertz CT molecular complexity index is 2730. The predicted molar refractivity (Wildman–Crippen MR) is 416 cm³/mol. The molecular weight excluding hydrogens is 1280 g/mol. The van der Waals surface area contributed by atoms with Crippen molar-refractivity contribution in [2.24, 2.45) is 0 Å². The normalized spacial score (nSPS) is 12.2. The first kappa shape index (κ1) is 87.1. The van der Waals surface area contributed by atoms with Crippen molar-refractivity contribution in [1.29, 1.82) is 0 Å². The predicted octanol–water partition coefficient (Wildman–Crippen LogP) is 26.6. The first-order valence-corrected chi connectivity index (χ1v) is 41.7. The molecule has 99 heavy (non-hydrogen) atoms. The Balaban J connectivity index is 0.0000208. The summed E-state index contributed by atoms with van der Waals surface area (Å²) in [5, 5.41) is 0. The van der Waals surface area contributed by atoms with Crippen LogP contribution in [0.5, 0.6) is 17.2 Å². The molecule has 12 nitrogen and oxygen atoms in total. The quantitative estimate of drug-likeness (QED) is 0.0416. The molecule has 2 aliphatic heterocycles. The van der Waals surface area contributed by atoms with Crippen molar-refractivity contribution in [2.75, 3.05) is 59.5 Å². The second kappa shape index (κ2) is 58.1. The first-order chi connectivity index (χ1) is 48.5. The van der Waals surface area contributed by atoms with Gasteiger partial charge in [0, 0.05) is 41.2 Å². The number of aromatic amines is 2. The van der Waals surface area contributed by atoms with Crippen LogP contribution in [0.3, 0.4) is 0 Å². The molecule has 0 aromatic carbocycles. The molecule has 0 amide bonds. The topological polar surface area (TPSA) is 131 Å². The Morgan fingerprint density at radius 3 is 0.727 bits per heavy atom. The SMILES string of the molecule is CCCCCCCCOCCc1c(OCCCCCCCC)c2cc3nc(cc4[nH]c(cc5nc(cc1[nH]2)C(OCCCCCCCC)=C5OCCCCCCCC)c(OCCCCCCCC)c4OCCCCCCCC)C(OCCCCCCCC)=C3OCCCCCCCC.[Cu]. The summed E-state index contributed by atoms with van der Waals surface area (Å²) in [5.74, 6) is 4.84. The van der Waals surface area contributed by atoms with Crippen molar-refractivity contribution in [3.63, 3.8) is 0 Å². The second-order valence-electron chi connectivity index (χ2n) is 28.5. The van der Waals surface area contributed by atoms with Gasteiger partial charge in [-0.25, -0.2) is 9.97 Å². The van der Waals surface area contributed by atoms with Gasteiger partial charge in [-0.2, -0.15) is 0 Å². The van der Waals surface area contributed by atoms with E-state index >= 15 is 0 Å². The number of nitrogens with one attached hydrogen (secondary N) is 2. The van der Waals surface area contributed by atoms with E-state index in [-0.39, 0.29) is 17.1 Å². The smallest absolute Gasteiger partial charge is 0.189 e. The monoisotopic (exact) mass is 1430 g/mol. The van der Waals surface area contributed by atoms with E-state index in [0.717, 1.165) is 136 Å². The summed E-state index contributed by atoms with van der Waals surface area (Å²) in [5.41, 5.74) is 7.12. The minimum absolute atomic E-state index is 0. The summed E-state index contributed by atoms with van der Waals surface area (Å²) >= 11 is 0. The fourth-order valence-corrected chi connectivity index (χ4v) is 13.3. The summed E-state index contributed by atoms with van der Waals surface area (Å²) in [7, 11) is 0. The molecule has 0 spiro atoms. The summed E-state index contributed by atoms with van der Waals surface area (Å²) in [6, 6.07) is 8.63. The number of hydrogen-bond acceptors (Lipinski definition) is 10. The zero-order chi connectivity index (χ0) is 69.6. The van der Waals surface area contributed by atoms with Crippen LogP contribution in [0.4, 0.5) is 0 Å². The Hall–Kier alpha value is -4.32. The number of unbranched alkanes of at least 4 members (excludes halogenated alkanes) is 40. The van der Waals surface area contributed by atoms with E-state index in [1.54, 1.807) is 0 Å². The molecule has 1 radical (unpaired) electrons. The van der Waals surface area contributed by atoms with Crippen LogP contribution in [-0.2, 0) is 47.2 Å². The van der Waals surface area contributed by atoms with Gasteiger partial charge in [-0.15, -0.1) is 0 Å². The third-order valence-corrected chi connectivity index (χ3v) is 19.4. The van der Waals surface area contributed by atoms with Crippen molar-refractivity contribution in [1.82, 2.24) is 19.9 Å². The van der Waals surface area contributed by atoms with Gasteiger partial charge in [-0.05, 0) is 75.6 Å². The van der Waals surface area contributed by atoms with E-state index in [1.807, 2.05) is 0 Å². The molecule has 0 saturated heterocycles. The molecule has 2 aliphatic rings. The number of aromatic nitrogens is 4. The average molecular weight is 1430 g/mol. The van der Waals surface area contributed by atoms with Gasteiger partial charge in [0.2, 0.25) is 0 Å². The summed E-state index contributed by atoms with van der Waals surface area (Å²) in [4.78, 5) is 19.2. The fraction of sp³-hybridized carbons (Fsp3) is 0.767. The van der Waals surface area contributed by atoms with Gasteiger partial charge in [0.15, 0.2) is 34.5 Å². The van der Waals surface area contributed by atoms with Crippen molar-refractivity contribution >= 4 is 45.1 Å². The van der Waals surface area contributed by atoms with Crippen molar-refractivity contribution in [2.45, 2.75) is 370 Å². The van der Waals surface area contributed by atoms with Crippen molar-refractivity contribution in [3.8, 4) is 17.2 Å². The third kappa shape index (κ3) is 35.1. The molecular formula is C86H146CuN4O8. The van der Waals surface area contributed by atoms with Gasteiger partial charge >= 0.3 is 0 Å². The Morgan fingerprint density at radius 2 is 0.444 bits per heavy atom. The molecule has 0 fully saturated rings. The zero-order valence-electron chi connectivity index (χ0n) is 64.8. The number of hydrogen-bond donors (Lipinski definition) is 2. The number of ether oxygens (including phenoxy) is 8. The Kier molecular flexibility index (Phi) is 51.1. The first-order valence-electron chi connectivity index (χ1n) is 41.7. The summed E-state index contributed by atoms with van der Waals surface area (Å²) < 4.78 is 56.7. The molecule has 0 unspecified atom stereocenters. The van der Waals surface area contributed by atoms with E-state index < -0.39 is 0 Å². The van der Waals surface area contributed by atoms with Gasteiger partial charge in [0.05, 0.1) is 69.4 Å². The molecule has 5 rings (SSSR count). The molecule has 569 valence electrons. The number of rotatable bonds is 66. The minimum atomic E-state index is 0. The summed E-state index contributed by atoms with van der Waals surface area (Å²) in [6.07, 6.45) is 56.7. The largest absolute Gasteiger partial charge is 0.491 e. The molecule has 3 aromatic rings. The van der Waals surface area contributed by atoms with Gasteiger partial charge in [-0.1, -0.05) is 312 Å². The minimum Gasteiger partial charge on any atom is -0.491 e. The van der Waals surface area contributed by atoms with Crippen LogP contribution in [0.15, 0.2) is 24.3 Å². The second-order valence-corrected chi connectivity index (χ2v) is 28.5. The van der Waals surface area contributed by atoms with Crippen LogP contribution in [0.1, 0.15) is 392 Å². The van der Waals surface area contributed by atoms with Gasteiger partial charge in [0.25, 0.3) is 0 Å². The zero-order valence-corrected chi connectivity index (χ0v) is 65.7. The summed E-state index contributed by atoms with van der Waals surface area (Å²) in [6.45, 7) is 23.5. The molecule has 0 aliphatic carbocycles. The van der Waals surface area contributed by atoms with Crippen LogP contribution in [0, 0.1) is 0 Å². The van der Waals surface area contributed by atoms with Crippen LogP contribution in [0.25, 0.3) is 45.1 Å². The average Bonchev–Trinajstić information content (AvgIpc) is 1.62. The van der Waals surface area contributed by atoms with E-state index in [0.29, 0.717) is 117 Å². The third-order valence-electron chi connectivity index (χ3n) is 19.4. The van der Waals surface area contributed by atoms with Crippen molar-refractivity contribution in [3.05, 3.63) is 52.6 Å². The number of nitrogens with zero attached hydrogens (tertiary/aromatic N) is 2. The van der Waals surface area contributed by atoms with Crippen LogP contribution in [-0.4, -0.2) is 79.4 Å². The van der Waals surface area contributed by atoms with Crippen molar-refractivity contribution < 1.29 is 55.0 Å². The van der Waals surface area contributed by atoms with E-state index in [2.05, 4.69) is 89.6 Å². The van der Waals surface area contributed by atoms with E-state index in [9.17, 15) is 0 Å².